The molecule has 0 spiro atoms. The first kappa shape index (κ1) is 19.9. The Kier molecular flexibility index (Phi) is 5.77. The van der Waals surface area contributed by atoms with Crippen LogP contribution in [-0.2, 0) is 4.74 Å². The molecule has 0 N–H and O–H groups in total. The lowest BCUT2D eigenvalue weighted by atomic mass is 10.2. The Balaban J connectivity index is 1.93. The van der Waals surface area contributed by atoms with Crippen molar-refractivity contribution in [1.29, 1.82) is 0 Å². The van der Waals surface area contributed by atoms with E-state index in [2.05, 4.69) is 9.72 Å². The molecule has 0 bridgehead atoms. The summed E-state index contributed by atoms with van der Waals surface area (Å²) in [5.74, 6) is -2.16. The summed E-state index contributed by atoms with van der Waals surface area (Å²) in [6, 6.07) is 18.0. The molecule has 148 valence electrons. The number of ether oxygens (including phenoxy) is 2. The summed E-state index contributed by atoms with van der Waals surface area (Å²) in [5.41, 5.74) is 0.272. The van der Waals surface area contributed by atoms with Crippen molar-refractivity contribution < 1.29 is 32.2 Å². The predicted octanol–water partition coefficient (Wildman–Crippen LogP) is 5.10. The highest BCUT2D eigenvalue weighted by atomic mass is 19.4. The van der Waals surface area contributed by atoms with Gasteiger partial charge >= 0.3 is 18.4 Å². The molecule has 6 nitrogen and oxygen atoms in total. The van der Waals surface area contributed by atoms with Gasteiger partial charge in [0.25, 0.3) is 0 Å². The van der Waals surface area contributed by atoms with Gasteiger partial charge in [0.15, 0.2) is 0 Å². The molecule has 0 aliphatic heterocycles. The number of carbonyl (C=O) groups is 2. The lowest BCUT2D eigenvalue weighted by molar-refractivity contribution is -0.291. The minimum Gasteiger partial charge on any atom is -0.409 e. The van der Waals surface area contributed by atoms with Gasteiger partial charge in [-0.1, -0.05) is 36.4 Å². The van der Waals surface area contributed by atoms with Crippen LogP contribution in [0.5, 0.6) is 5.75 Å². The SMILES string of the molecule is O=C(OC(F)(F)F)c1cnccc1OC(=O)N(c1ccccc1)c1ccccc1. The number of halogens is 3. The molecule has 0 fully saturated rings. The number of pyridine rings is 1. The van der Waals surface area contributed by atoms with Gasteiger partial charge in [0.1, 0.15) is 11.3 Å². The molecule has 0 radical (unpaired) electrons. The molecule has 0 unspecified atom stereocenters. The number of para-hydroxylation sites is 2. The number of rotatable bonds is 4. The van der Waals surface area contributed by atoms with E-state index in [0.29, 0.717) is 11.4 Å². The van der Waals surface area contributed by atoms with Crippen molar-refractivity contribution in [3.63, 3.8) is 0 Å². The highest BCUT2D eigenvalue weighted by molar-refractivity contribution is 5.99. The molecule has 0 aliphatic carbocycles. The van der Waals surface area contributed by atoms with E-state index in [1.807, 2.05) is 0 Å². The summed E-state index contributed by atoms with van der Waals surface area (Å²) < 4.78 is 45.8. The smallest absolute Gasteiger partial charge is 0.409 e. The fourth-order valence-corrected chi connectivity index (χ4v) is 2.44. The van der Waals surface area contributed by atoms with Gasteiger partial charge in [-0.3, -0.25) is 4.98 Å². The first-order chi connectivity index (χ1) is 13.8. The van der Waals surface area contributed by atoms with Crippen molar-refractivity contribution in [3.8, 4) is 5.75 Å². The van der Waals surface area contributed by atoms with Gasteiger partial charge in [0.2, 0.25) is 0 Å². The molecule has 9 heteroatoms. The van der Waals surface area contributed by atoms with Crippen LogP contribution in [0.25, 0.3) is 0 Å². The third-order valence-electron chi connectivity index (χ3n) is 3.62. The van der Waals surface area contributed by atoms with Crippen molar-refractivity contribution in [2.75, 3.05) is 4.90 Å². The second kappa shape index (κ2) is 8.42. The zero-order valence-corrected chi connectivity index (χ0v) is 14.7. The number of amides is 1. The molecule has 1 amide bonds. The van der Waals surface area contributed by atoms with E-state index in [-0.39, 0.29) is 0 Å². The third kappa shape index (κ3) is 5.10. The lowest BCUT2D eigenvalue weighted by Gasteiger charge is -2.22. The van der Waals surface area contributed by atoms with Crippen molar-refractivity contribution >= 4 is 23.4 Å². The number of aromatic nitrogens is 1. The highest BCUT2D eigenvalue weighted by Gasteiger charge is 2.36. The Morgan fingerprint density at radius 1 is 0.862 bits per heavy atom. The van der Waals surface area contributed by atoms with Crippen LogP contribution in [-0.4, -0.2) is 23.4 Å². The van der Waals surface area contributed by atoms with Gasteiger partial charge in [-0.2, -0.15) is 0 Å². The zero-order chi connectivity index (χ0) is 20.9. The van der Waals surface area contributed by atoms with Crippen LogP contribution < -0.4 is 9.64 Å². The van der Waals surface area contributed by atoms with Gasteiger partial charge < -0.3 is 9.47 Å². The van der Waals surface area contributed by atoms with Crippen LogP contribution in [0.15, 0.2) is 79.1 Å². The molecule has 3 rings (SSSR count). The fraction of sp³-hybridized carbons (Fsp3) is 0.0500. The monoisotopic (exact) mass is 402 g/mol. The van der Waals surface area contributed by atoms with Gasteiger partial charge in [0.05, 0.1) is 11.4 Å². The Hall–Kier alpha value is -3.88. The third-order valence-corrected chi connectivity index (χ3v) is 3.62. The second-order valence-electron chi connectivity index (χ2n) is 5.58. The predicted molar refractivity (Wildman–Crippen MR) is 96.8 cm³/mol. The zero-order valence-electron chi connectivity index (χ0n) is 14.7. The molecular weight excluding hydrogens is 389 g/mol. The van der Waals surface area contributed by atoms with E-state index < -0.39 is 29.7 Å². The number of benzene rings is 2. The Labute approximate surface area is 163 Å². The molecule has 3 aromatic rings. The van der Waals surface area contributed by atoms with Crippen molar-refractivity contribution in [1.82, 2.24) is 4.98 Å². The van der Waals surface area contributed by atoms with Crippen LogP contribution in [0, 0.1) is 0 Å². The Morgan fingerprint density at radius 3 is 1.93 bits per heavy atom. The summed E-state index contributed by atoms with van der Waals surface area (Å²) in [6.45, 7) is 0. The fourth-order valence-electron chi connectivity index (χ4n) is 2.44. The van der Waals surface area contributed by atoms with Crippen molar-refractivity contribution in [2.24, 2.45) is 0 Å². The first-order valence-electron chi connectivity index (χ1n) is 8.21. The van der Waals surface area contributed by atoms with Crippen molar-refractivity contribution in [2.45, 2.75) is 6.36 Å². The van der Waals surface area contributed by atoms with E-state index >= 15 is 0 Å². The lowest BCUT2D eigenvalue weighted by Crippen LogP contribution is -2.30. The summed E-state index contributed by atoms with van der Waals surface area (Å²) in [5, 5.41) is 0. The summed E-state index contributed by atoms with van der Waals surface area (Å²) in [6.07, 6.45) is -4.13. The molecule has 1 heterocycles. The molecule has 29 heavy (non-hydrogen) atoms. The van der Waals surface area contributed by atoms with Crippen LogP contribution in [0.3, 0.4) is 0 Å². The minimum absolute atomic E-state index is 0.420. The minimum atomic E-state index is -5.19. The highest BCUT2D eigenvalue weighted by Crippen LogP contribution is 2.28. The first-order valence-corrected chi connectivity index (χ1v) is 8.21. The van der Waals surface area contributed by atoms with Gasteiger partial charge in [-0.05, 0) is 24.3 Å². The molecular formula is C20H13F3N2O4. The molecule has 0 saturated heterocycles. The quantitative estimate of drug-likeness (QED) is 0.569. The topological polar surface area (TPSA) is 68.7 Å². The molecule has 0 aliphatic rings. The second-order valence-corrected chi connectivity index (χ2v) is 5.58. The Morgan fingerprint density at radius 2 is 1.41 bits per heavy atom. The van der Waals surface area contributed by atoms with Crippen LogP contribution in [0.2, 0.25) is 0 Å². The van der Waals surface area contributed by atoms with E-state index in [4.69, 9.17) is 4.74 Å². The van der Waals surface area contributed by atoms with Crippen LogP contribution >= 0.6 is 0 Å². The molecule has 1 aromatic heterocycles. The van der Waals surface area contributed by atoms with Crippen LogP contribution in [0.4, 0.5) is 29.3 Å². The van der Waals surface area contributed by atoms with E-state index in [0.717, 1.165) is 12.3 Å². The van der Waals surface area contributed by atoms with Gasteiger partial charge in [0, 0.05) is 18.5 Å². The van der Waals surface area contributed by atoms with E-state index in [1.165, 1.54) is 11.1 Å². The average Bonchev–Trinajstić information content (AvgIpc) is 2.69. The molecule has 0 saturated carbocycles. The largest absolute Gasteiger partial charge is 0.575 e. The summed E-state index contributed by atoms with van der Waals surface area (Å²) in [4.78, 5) is 29.5. The van der Waals surface area contributed by atoms with Gasteiger partial charge in [-0.15, -0.1) is 13.2 Å². The summed E-state index contributed by atoms with van der Waals surface area (Å²) >= 11 is 0. The number of alkyl halides is 3. The number of anilines is 2. The Bertz CT molecular complexity index is 956. The molecule has 0 atom stereocenters. The number of hydrogen-bond donors (Lipinski definition) is 0. The van der Waals surface area contributed by atoms with Gasteiger partial charge in [-0.25, -0.2) is 14.5 Å². The number of nitrogens with zero attached hydrogens (tertiary/aromatic N) is 2. The average molecular weight is 402 g/mol. The maximum absolute atomic E-state index is 12.9. The van der Waals surface area contributed by atoms with Crippen LogP contribution in [0.1, 0.15) is 10.4 Å². The standard InChI is InChI=1S/C20H13F3N2O4/c21-20(22,23)29-18(26)16-13-24-12-11-17(16)28-19(27)25(14-7-3-1-4-8-14)15-9-5-2-6-10-15/h1-13H. The maximum Gasteiger partial charge on any atom is 0.575 e. The van der Waals surface area contributed by atoms with E-state index in [1.54, 1.807) is 60.7 Å². The van der Waals surface area contributed by atoms with E-state index in [9.17, 15) is 22.8 Å². The number of esters is 1. The summed E-state index contributed by atoms with van der Waals surface area (Å²) in [7, 11) is 0. The molecule has 2 aromatic carbocycles. The normalized spacial score (nSPS) is 10.9. The maximum atomic E-state index is 12.9. The number of carbonyl (C=O) groups excluding carboxylic acids is 2. The number of hydrogen-bond acceptors (Lipinski definition) is 5. The van der Waals surface area contributed by atoms with Crippen molar-refractivity contribution in [3.05, 3.63) is 84.7 Å².